The number of nitrogens with one attached hydrogen (secondary N) is 1. The molecular weight excluding hydrogens is 370 g/mol. The van der Waals surface area contributed by atoms with Crippen molar-refractivity contribution in [2.24, 2.45) is 10.9 Å². The van der Waals surface area contributed by atoms with E-state index >= 15 is 0 Å². The van der Waals surface area contributed by atoms with Crippen LogP contribution in [0.3, 0.4) is 0 Å². The van der Waals surface area contributed by atoms with Crippen molar-refractivity contribution in [3.63, 3.8) is 0 Å². The highest BCUT2D eigenvalue weighted by molar-refractivity contribution is 5.79. The van der Waals surface area contributed by atoms with Crippen LogP contribution in [0, 0.1) is 5.92 Å². The van der Waals surface area contributed by atoms with E-state index in [1.165, 1.54) is 0 Å². The molecule has 0 aromatic rings. The van der Waals surface area contributed by atoms with Gasteiger partial charge >= 0.3 is 6.09 Å². The minimum Gasteiger partial charge on any atom is -0.444 e. The Morgan fingerprint density at radius 1 is 1.24 bits per heavy atom. The number of methoxy groups -OCH3 is 1. The topological polar surface area (TPSA) is 69.6 Å². The highest BCUT2D eigenvalue weighted by Crippen LogP contribution is 2.20. The Bertz CT molecular complexity index is 499. The number of rotatable bonds is 9. The molecule has 0 aromatic heterocycles. The number of guanidine groups is 1. The van der Waals surface area contributed by atoms with Crippen molar-refractivity contribution in [2.45, 2.75) is 46.1 Å². The lowest BCUT2D eigenvalue weighted by Gasteiger charge is -2.36. The number of likely N-dealkylation sites (N-methyl/N-ethyl adjacent to an activating group) is 1. The molecule has 170 valence electrons. The summed E-state index contributed by atoms with van der Waals surface area (Å²) in [6.45, 7) is 14.5. The largest absolute Gasteiger partial charge is 0.444 e. The molecule has 1 amide bonds. The van der Waals surface area contributed by atoms with Crippen molar-refractivity contribution in [2.75, 3.05) is 73.6 Å². The van der Waals surface area contributed by atoms with Gasteiger partial charge in [0, 0.05) is 60.0 Å². The van der Waals surface area contributed by atoms with E-state index in [4.69, 9.17) is 9.47 Å². The lowest BCUT2D eigenvalue weighted by atomic mass is 9.96. The summed E-state index contributed by atoms with van der Waals surface area (Å²) >= 11 is 0. The lowest BCUT2D eigenvalue weighted by Crippen LogP contribution is -2.49. The number of aliphatic imine (C=N–C) groups is 1. The first-order chi connectivity index (χ1) is 13.7. The van der Waals surface area contributed by atoms with Gasteiger partial charge in [0.1, 0.15) is 5.60 Å². The van der Waals surface area contributed by atoms with Crippen LogP contribution in [0.25, 0.3) is 0 Å². The minimum absolute atomic E-state index is 0.211. The summed E-state index contributed by atoms with van der Waals surface area (Å²) in [4.78, 5) is 23.2. The number of amides is 1. The van der Waals surface area contributed by atoms with Gasteiger partial charge in [0.05, 0.1) is 6.61 Å². The third kappa shape index (κ3) is 10.2. The van der Waals surface area contributed by atoms with Crippen molar-refractivity contribution in [3.8, 4) is 0 Å². The zero-order valence-corrected chi connectivity index (χ0v) is 19.7. The normalized spacial score (nSPS) is 16.3. The number of carbonyl (C=O) groups excluding carboxylic acids is 1. The molecule has 1 heterocycles. The van der Waals surface area contributed by atoms with Gasteiger partial charge in [-0.05, 0) is 53.5 Å². The molecular formula is C21H43N5O3. The second-order valence-electron chi connectivity index (χ2n) is 8.72. The predicted octanol–water partition coefficient (Wildman–Crippen LogP) is 2.11. The van der Waals surface area contributed by atoms with Crippen molar-refractivity contribution in [3.05, 3.63) is 0 Å². The van der Waals surface area contributed by atoms with Gasteiger partial charge in [0.25, 0.3) is 0 Å². The summed E-state index contributed by atoms with van der Waals surface area (Å²) in [5.74, 6) is 1.46. The fourth-order valence-electron chi connectivity index (χ4n) is 3.35. The van der Waals surface area contributed by atoms with Gasteiger partial charge in [-0.3, -0.25) is 4.99 Å². The molecule has 0 atom stereocenters. The van der Waals surface area contributed by atoms with Crippen molar-refractivity contribution < 1.29 is 14.3 Å². The average molecular weight is 414 g/mol. The first kappa shape index (κ1) is 25.5. The Morgan fingerprint density at radius 3 is 2.41 bits per heavy atom. The minimum atomic E-state index is -0.455. The second kappa shape index (κ2) is 12.9. The quantitative estimate of drug-likeness (QED) is 0.461. The third-order valence-corrected chi connectivity index (χ3v) is 5.09. The van der Waals surface area contributed by atoms with Crippen molar-refractivity contribution in [1.82, 2.24) is 20.0 Å². The highest BCUT2D eigenvalue weighted by Gasteiger charge is 2.27. The van der Waals surface area contributed by atoms with Crippen LogP contribution in [0.15, 0.2) is 4.99 Å². The summed E-state index contributed by atoms with van der Waals surface area (Å²) in [5, 5.41) is 3.47. The summed E-state index contributed by atoms with van der Waals surface area (Å²) in [5.41, 5.74) is -0.455. The zero-order valence-electron chi connectivity index (χ0n) is 19.7. The summed E-state index contributed by atoms with van der Waals surface area (Å²) in [6, 6.07) is 0. The predicted molar refractivity (Wildman–Crippen MR) is 119 cm³/mol. The van der Waals surface area contributed by atoms with E-state index in [0.717, 1.165) is 64.7 Å². The molecule has 0 unspecified atom stereocenters. The van der Waals surface area contributed by atoms with E-state index in [2.05, 4.69) is 27.2 Å². The van der Waals surface area contributed by atoms with Crippen LogP contribution < -0.4 is 5.32 Å². The molecule has 1 fully saturated rings. The fraction of sp³-hybridized carbons (Fsp3) is 0.905. The second-order valence-corrected chi connectivity index (χ2v) is 8.72. The van der Waals surface area contributed by atoms with Crippen LogP contribution in [0.5, 0.6) is 0 Å². The molecule has 1 saturated heterocycles. The first-order valence-electron chi connectivity index (χ1n) is 10.8. The van der Waals surface area contributed by atoms with Crippen molar-refractivity contribution in [1.29, 1.82) is 0 Å². The van der Waals surface area contributed by atoms with E-state index in [0.29, 0.717) is 12.5 Å². The molecule has 1 rings (SSSR count). The average Bonchev–Trinajstić information content (AvgIpc) is 2.67. The van der Waals surface area contributed by atoms with Gasteiger partial charge in [0.2, 0.25) is 0 Å². The van der Waals surface area contributed by atoms with E-state index in [1.807, 2.05) is 39.6 Å². The third-order valence-electron chi connectivity index (χ3n) is 5.09. The molecule has 0 aromatic carbocycles. The van der Waals surface area contributed by atoms with Crippen molar-refractivity contribution >= 4 is 12.1 Å². The molecule has 1 aliphatic rings. The molecule has 8 nitrogen and oxygen atoms in total. The Labute approximate surface area is 177 Å². The van der Waals surface area contributed by atoms with Gasteiger partial charge in [-0.2, -0.15) is 0 Å². The van der Waals surface area contributed by atoms with Crippen LogP contribution >= 0.6 is 0 Å². The van der Waals surface area contributed by atoms with Crippen LogP contribution in [0.4, 0.5) is 4.79 Å². The maximum Gasteiger partial charge on any atom is 0.410 e. The number of nitrogens with zero attached hydrogens (tertiary/aromatic N) is 4. The molecule has 8 heteroatoms. The number of carbonyl (C=O) groups is 1. The smallest absolute Gasteiger partial charge is 0.410 e. The van der Waals surface area contributed by atoms with Crippen LogP contribution in [0.2, 0.25) is 0 Å². The molecule has 0 spiro atoms. The molecule has 0 radical (unpaired) electrons. The summed E-state index contributed by atoms with van der Waals surface area (Å²) in [6.07, 6.45) is 1.89. The highest BCUT2D eigenvalue weighted by atomic mass is 16.6. The van der Waals surface area contributed by atoms with Gasteiger partial charge < -0.3 is 29.5 Å². The molecule has 0 saturated carbocycles. The SMILES string of the molecule is CCN(CC1CCN(C(=NC)NCCN(C)CCOC)CC1)C(=O)OC(C)(C)C. The number of piperidine rings is 1. The van der Waals surface area contributed by atoms with Crippen LogP contribution in [-0.4, -0.2) is 106 Å². The van der Waals surface area contributed by atoms with Crippen LogP contribution in [-0.2, 0) is 9.47 Å². The number of hydrogen-bond acceptors (Lipinski definition) is 5. The number of likely N-dealkylation sites (tertiary alicyclic amines) is 1. The fourth-order valence-corrected chi connectivity index (χ4v) is 3.35. The molecule has 1 N–H and O–H groups in total. The van der Waals surface area contributed by atoms with Gasteiger partial charge in [0.15, 0.2) is 5.96 Å². The molecule has 0 aliphatic carbocycles. The monoisotopic (exact) mass is 413 g/mol. The van der Waals surface area contributed by atoms with E-state index in [9.17, 15) is 4.79 Å². The first-order valence-corrected chi connectivity index (χ1v) is 10.8. The maximum atomic E-state index is 12.4. The van der Waals surface area contributed by atoms with E-state index in [1.54, 1.807) is 7.11 Å². The Hall–Kier alpha value is -1.54. The van der Waals surface area contributed by atoms with Crippen LogP contribution in [0.1, 0.15) is 40.5 Å². The maximum absolute atomic E-state index is 12.4. The Morgan fingerprint density at radius 2 is 1.90 bits per heavy atom. The molecule has 0 bridgehead atoms. The Balaban J connectivity index is 2.40. The number of ether oxygens (including phenoxy) is 2. The van der Waals surface area contributed by atoms with Gasteiger partial charge in [-0.25, -0.2) is 4.79 Å². The van der Waals surface area contributed by atoms with E-state index < -0.39 is 5.60 Å². The van der Waals surface area contributed by atoms with E-state index in [-0.39, 0.29) is 6.09 Å². The summed E-state index contributed by atoms with van der Waals surface area (Å²) in [7, 11) is 5.66. The Kier molecular flexibility index (Phi) is 11.3. The summed E-state index contributed by atoms with van der Waals surface area (Å²) < 4.78 is 10.6. The number of hydrogen-bond donors (Lipinski definition) is 1. The van der Waals surface area contributed by atoms with Gasteiger partial charge in [-0.1, -0.05) is 0 Å². The molecule has 1 aliphatic heterocycles. The zero-order chi connectivity index (χ0) is 21.9. The standard InChI is InChI=1S/C21H43N5O3/c1-8-25(20(27)29-21(2,3)4)17-18-9-12-26(13-10-18)19(22-5)23-11-14-24(6)15-16-28-7/h18H,8-17H2,1-7H3,(H,22,23). The lowest BCUT2D eigenvalue weighted by molar-refractivity contribution is 0.0214. The van der Waals surface area contributed by atoms with Gasteiger partial charge in [-0.15, -0.1) is 0 Å². The molecule has 29 heavy (non-hydrogen) atoms.